The molecule has 0 aromatic carbocycles. The summed E-state index contributed by atoms with van der Waals surface area (Å²) in [5, 5.41) is 0. The van der Waals surface area contributed by atoms with Crippen molar-refractivity contribution >= 4 is 0 Å². The van der Waals surface area contributed by atoms with Gasteiger partial charge < -0.3 is 0 Å². The van der Waals surface area contributed by atoms with E-state index in [9.17, 15) is 145 Å². The lowest BCUT2D eigenvalue weighted by molar-refractivity contribution is -0.487. The van der Waals surface area contributed by atoms with Crippen molar-refractivity contribution in [2.75, 3.05) is 0 Å². The summed E-state index contributed by atoms with van der Waals surface area (Å²) >= 11 is 0. The van der Waals surface area contributed by atoms with Crippen molar-refractivity contribution in [3.63, 3.8) is 0 Å². The fourth-order valence-corrected chi connectivity index (χ4v) is 2.99. The SMILES string of the molecule is CC(F)(F)C(F)(F)C(F)(F)C(F)(F)C(F)(F)C(F)(F)C(F)(F)C(F)(F)C(F)(F)C(F)(F)C(F)(F)C(F)(F)C(F)(F)C(F)(F)C(F)(F)C(F)C(F)F. The van der Waals surface area contributed by atoms with Crippen molar-refractivity contribution in [1.82, 2.24) is 0 Å². The van der Waals surface area contributed by atoms with E-state index in [-0.39, 0.29) is 0 Å². The summed E-state index contributed by atoms with van der Waals surface area (Å²) in [7, 11) is 0. The van der Waals surface area contributed by atoms with E-state index in [2.05, 4.69) is 0 Å². The molecular weight excluding hydrogens is 843 g/mol. The fourth-order valence-electron chi connectivity index (χ4n) is 2.99. The minimum atomic E-state index is -10.1. The summed E-state index contributed by atoms with van der Waals surface area (Å²) in [6.07, 6.45) is -12.1. The topological polar surface area (TPSA) is 0 Å². The van der Waals surface area contributed by atoms with Crippen LogP contribution in [-0.4, -0.2) is 101 Å². The molecule has 0 heterocycles. The Morgan fingerprint density at radius 1 is 0.235 bits per heavy atom. The zero-order chi connectivity index (χ0) is 42.7. The van der Waals surface area contributed by atoms with E-state index in [1.54, 1.807) is 0 Å². The average molecular weight is 848 g/mol. The van der Waals surface area contributed by atoms with Crippen molar-refractivity contribution in [3.05, 3.63) is 0 Å². The number of hydrogen-bond donors (Lipinski definition) is 0. The van der Waals surface area contributed by atoms with Gasteiger partial charge in [-0.05, 0) is 0 Å². The van der Waals surface area contributed by atoms with E-state index in [4.69, 9.17) is 0 Å². The maximum atomic E-state index is 13.8. The molecule has 308 valence electrons. The lowest BCUT2D eigenvalue weighted by Crippen LogP contribution is -2.79. The van der Waals surface area contributed by atoms with Gasteiger partial charge in [0.05, 0.1) is 0 Å². The Labute approximate surface area is 254 Å². The van der Waals surface area contributed by atoms with Crippen LogP contribution in [0.25, 0.3) is 0 Å². The van der Waals surface area contributed by atoms with Crippen LogP contribution in [0.3, 0.4) is 0 Å². The molecule has 0 fully saturated rings. The lowest BCUT2D eigenvalue weighted by atomic mass is 9.82. The molecule has 0 aliphatic heterocycles. The first-order valence-electron chi connectivity index (χ1n) is 10.9. The van der Waals surface area contributed by atoms with Crippen molar-refractivity contribution in [2.45, 2.75) is 108 Å². The Balaban J connectivity index is 7.68. The van der Waals surface area contributed by atoms with Crippen molar-refractivity contribution in [3.8, 4) is 0 Å². The summed E-state index contributed by atoms with van der Waals surface area (Å²) < 4.78 is 442. The van der Waals surface area contributed by atoms with Gasteiger partial charge in [0, 0.05) is 6.92 Å². The molecule has 1 unspecified atom stereocenters. The van der Waals surface area contributed by atoms with Crippen molar-refractivity contribution in [1.29, 1.82) is 0 Å². The zero-order valence-corrected chi connectivity index (χ0v) is 22.1. The second-order valence-electron chi connectivity index (χ2n) is 9.71. The van der Waals surface area contributed by atoms with E-state index in [0.717, 1.165) is 0 Å². The summed E-state index contributed by atoms with van der Waals surface area (Å²) in [5.41, 5.74) is 0. The van der Waals surface area contributed by atoms with Gasteiger partial charge in [0.15, 0.2) is 0 Å². The average Bonchev–Trinajstić information content (AvgIpc) is 2.90. The van der Waals surface area contributed by atoms with Crippen LogP contribution < -0.4 is 0 Å². The molecule has 51 heavy (non-hydrogen) atoms. The number of halogens is 33. The van der Waals surface area contributed by atoms with E-state index in [1.807, 2.05) is 0 Å². The van der Waals surface area contributed by atoms with Crippen LogP contribution in [0.1, 0.15) is 6.92 Å². The van der Waals surface area contributed by atoms with Crippen LogP contribution in [0.4, 0.5) is 145 Å². The first-order valence-corrected chi connectivity index (χ1v) is 10.9. The molecule has 0 aromatic heterocycles. The molecule has 0 saturated heterocycles. The van der Waals surface area contributed by atoms with Crippen LogP contribution >= 0.6 is 0 Å². The molecule has 0 saturated carbocycles. The molecule has 0 aromatic rings. The third-order valence-electron chi connectivity index (χ3n) is 6.27. The van der Waals surface area contributed by atoms with Gasteiger partial charge in [-0.25, -0.2) is 13.2 Å². The highest BCUT2D eigenvalue weighted by molar-refractivity contribution is 5.22. The Kier molecular flexibility index (Phi) is 11.3. The molecule has 0 bridgehead atoms. The van der Waals surface area contributed by atoms with Gasteiger partial charge in [-0.1, -0.05) is 0 Å². The predicted molar refractivity (Wildman–Crippen MR) is 90.8 cm³/mol. The van der Waals surface area contributed by atoms with Gasteiger partial charge in [-0.2, -0.15) is 132 Å². The largest absolute Gasteiger partial charge is 0.385 e. The predicted octanol–water partition coefficient (Wildman–Crippen LogP) is 11.1. The van der Waals surface area contributed by atoms with Gasteiger partial charge in [0.25, 0.3) is 6.43 Å². The molecular formula is C18H5F33. The molecule has 0 aliphatic rings. The molecule has 0 spiro atoms. The minimum absolute atomic E-state index is 1.66. The number of alkyl halides is 33. The molecule has 0 nitrogen and oxygen atoms in total. The van der Waals surface area contributed by atoms with Gasteiger partial charge in [0.2, 0.25) is 6.17 Å². The third-order valence-corrected chi connectivity index (χ3v) is 6.27. The van der Waals surface area contributed by atoms with E-state index in [0.29, 0.717) is 0 Å². The molecule has 33 heteroatoms. The maximum Gasteiger partial charge on any atom is 0.385 e. The maximum absolute atomic E-state index is 13.8. The standard InChI is InChI=1S/C18H5F33/c1-4(22,23)6(26,27)8(30,31)10(34,35)12(38,39)14(42,43)16(46,47)18(50,51)17(48,49)15(44,45)13(40,41)11(36,37)9(32,33)7(28,29)5(24,25)2(19)3(20)21/h2-3H,1H3. The smallest absolute Gasteiger partial charge is 0.234 e. The monoisotopic (exact) mass is 848 g/mol. The fraction of sp³-hybridized carbons (Fsp3) is 1.00. The normalized spacial score (nSPS) is 17.7. The van der Waals surface area contributed by atoms with Crippen LogP contribution in [0.15, 0.2) is 0 Å². The zero-order valence-electron chi connectivity index (χ0n) is 22.1. The minimum Gasteiger partial charge on any atom is -0.234 e. The number of hydrogen-bond acceptors (Lipinski definition) is 0. The summed E-state index contributed by atoms with van der Waals surface area (Å²) in [5.74, 6) is -140. The molecule has 0 amide bonds. The van der Waals surface area contributed by atoms with Crippen LogP contribution in [0.5, 0.6) is 0 Å². The van der Waals surface area contributed by atoms with Gasteiger partial charge >= 0.3 is 88.8 Å². The highest BCUT2D eigenvalue weighted by atomic mass is 19.4. The second kappa shape index (κ2) is 11.8. The highest BCUT2D eigenvalue weighted by Gasteiger charge is 3.01. The van der Waals surface area contributed by atoms with Crippen LogP contribution in [0, 0.1) is 0 Å². The second-order valence-corrected chi connectivity index (χ2v) is 9.71. The van der Waals surface area contributed by atoms with Crippen LogP contribution in [0.2, 0.25) is 0 Å². The first-order chi connectivity index (χ1) is 21.4. The van der Waals surface area contributed by atoms with E-state index in [1.165, 1.54) is 0 Å². The summed E-state index contributed by atoms with van der Waals surface area (Å²) in [6, 6.07) is 0. The Morgan fingerprint density at radius 2 is 0.373 bits per heavy atom. The first kappa shape index (κ1) is 48.7. The Hall–Kier alpha value is -2.31. The molecule has 0 N–H and O–H groups in total. The molecule has 0 aliphatic carbocycles. The molecule has 0 rings (SSSR count). The highest BCUT2D eigenvalue weighted by Crippen LogP contribution is 2.69. The van der Waals surface area contributed by atoms with E-state index < -0.39 is 108 Å². The van der Waals surface area contributed by atoms with E-state index >= 15 is 0 Å². The van der Waals surface area contributed by atoms with Gasteiger partial charge in [-0.15, -0.1) is 0 Å². The Bertz CT molecular complexity index is 1240. The number of rotatable bonds is 16. The quantitative estimate of drug-likeness (QED) is 0.136. The summed E-state index contributed by atoms with van der Waals surface area (Å²) in [6.45, 7) is -1.66. The van der Waals surface area contributed by atoms with Crippen LogP contribution in [-0.2, 0) is 0 Å². The van der Waals surface area contributed by atoms with Crippen molar-refractivity contribution < 1.29 is 145 Å². The molecule has 0 radical (unpaired) electrons. The third kappa shape index (κ3) is 5.57. The van der Waals surface area contributed by atoms with Gasteiger partial charge in [0.1, 0.15) is 0 Å². The summed E-state index contributed by atoms with van der Waals surface area (Å²) in [4.78, 5) is 0. The molecule has 1 atom stereocenters. The van der Waals surface area contributed by atoms with Crippen molar-refractivity contribution in [2.24, 2.45) is 0 Å². The Morgan fingerprint density at radius 3 is 0.510 bits per heavy atom. The van der Waals surface area contributed by atoms with Gasteiger partial charge in [-0.3, -0.25) is 0 Å². The lowest BCUT2D eigenvalue weighted by Gasteiger charge is -2.46.